The number of carboxylic acid groups (broad SMARTS) is 1. The fourth-order valence-corrected chi connectivity index (χ4v) is 1.13. The first-order chi connectivity index (χ1) is 6.66. The van der Waals surface area contributed by atoms with Gasteiger partial charge in [-0.3, -0.25) is 5.10 Å². The number of carboxylic acids is 1. The minimum absolute atomic E-state index is 0.131. The van der Waals surface area contributed by atoms with Crippen molar-refractivity contribution in [2.24, 2.45) is 0 Å². The molecule has 5 nitrogen and oxygen atoms in total. The van der Waals surface area contributed by atoms with Crippen molar-refractivity contribution in [2.45, 2.75) is 6.92 Å². The second-order valence-electron chi connectivity index (χ2n) is 2.86. The molecule has 0 aliphatic carbocycles. The number of nitrogens with zero attached hydrogens (tertiary/aromatic N) is 1. The fourth-order valence-electron chi connectivity index (χ4n) is 1.13. The van der Waals surface area contributed by atoms with Gasteiger partial charge in [0.2, 0.25) is 0 Å². The fraction of sp³-hybridized carbons (Fsp3) is 0.111. The molecule has 2 rings (SSSR count). The first-order valence-electron chi connectivity index (χ1n) is 4.00. The van der Waals surface area contributed by atoms with Crippen molar-refractivity contribution < 1.29 is 14.3 Å². The second kappa shape index (κ2) is 3.02. The third-order valence-electron chi connectivity index (χ3n) is 1.79. The van der Waals surface area contributed by atoms with Crippen molar-refractivity contribution >= 4 is 5.97 Å². The second-order valence-corrected chi connectivity index (χ2v) is 2.86. The smallest absolute Gasteiger partial charge is 0.152 e. The maximum Gasteiger partial charge on any atom is 0.152 e. The van der Waals surface area contributed by atoms with Crippen LogP contribution in [0.4, 0.5) is 0 Å². The zero-order valence-corrected chi connectivity index (χ0v) is 7.40. The molecule has 0 fully saturated rings. The van der Waals surface area contributed by atoms with Gasteiger partial charge in [0.25, 0.3) is 0 Å². The van der Waals surface area contributed by atoms with Crippen LogP contribution >= 0.6 is 0 Å². The summed E-state index contributed by atoms with van der Waals surface area (Å²) in [6.07, 6.45) is 0. The molecular weight excluding hydrogens is 184 g/mol. The predicted octanol–water partition coefficient (Wildman–Crippen LogP) is 0.342. The first kappa shape index (κ1) is 8.55. The van der Waals surface area contributed by atoms with Crippen LogP contribution in [0, 0.1) is 6.92 Å². The Kier molecular flexibility index (Phi) is 1.85. The summed E-state index contributed by atoms with van der Waals surface area (Å²) in [5, 5.41) is 16.5. The summed E-state index contributed by atoms with van der Waals surface area (Å²) >= 11 is 0. The maximum atomic E-state index is 10.4. The number of H-pyrrole nitrogens is 1. The normalized spacial score (nSPS) is 10.4. The van der Waals surface area contributed by atoms with E-state index in [0.29, 0.717) is 11.5 Å². The highest BCUT2D eigenvalue weighted by atomic mass is 16.4. The lowest BCUT2D eigenvalue weighted by atomic mass is 10.3. The number of aromatic amines is 1. The summed E-state index contributed by atoms with van der Waals surface area (Å²) in [5.74, 6) is 0.00266. The third kappa shape index (κ3) is 1.39. The van der Waals surface area contributed by atoms with E-state index in [1.165, 1.54) is 6.07 Å². The molecule has 0 bridgehead atoms. The Bertz CT molecular complexity index is 470. The van der Waals surface area contributed by atoms with Crippen LogP contribution in [0.3, 0.4) is 0 Å². The summed E-state index contributed by atoms with van der Waals surface area (Å²) in [7, 11) is 0. The van der Waals surface area contributed by atoms with Crippen LogP contribution in [0.2, 0.25) is 0 Å². The number of carbonyl (C=O) groups excluding carboxylic acids is 1. The molecule has 0 aliphatic rings. The quantitative estimate of drug-likeness (QED) is 0.742. The van der Waals surface area contributed by atoms with E-state index in [1.54, 1.807) is 19.1 Å². The van der Waals surface area contributed by atoms with Crippen LogP contribution in [0.15, 0.2) is 22.6 Å². The Balaban J connectivity index is 2.38. The van der Waals surface area contributed by atoms with Crippen molar-refractivity contribution in [3.05, 3.63) is 29.7 Å². The van der Waals surface area contributed by atoms with Crippen LogP contribution in [-0.2, 0) is 0 Å². The van der Waals surface area contributed by atoms with Crippen LogP contribution in [-0.4, -0.2) is 16.2 Å². The van der Waals surface area contributed by atoms with Gasteiger partial charge in [-0.15, -0.1) is 0 Å². The lowest BCUT2D eigenvalue weighted by Crippen LogP contribution is -2.22. The minimum Gasteiger partial charge on any atom is -0.543 e. The predicted molar refractivity (Wildman–Crippen MR) is 45.4 cm³/mol. The molecule has 0 atom stereocenters. The summed E-state index contributed by atoms with van der Waals surface area (Å²) in [6, 6.07) is 4.89. The van der Waals surface area contributed by atoms with Crippen LogP contribution in [0.5, 0.6) is 0 Å². The molecule has 1 N–H and O–H groups in total. The summed E-state index contributed by atoms with van der Waals surface area (Å²) in [6.45, 7) is 1.81. The van der Waals surface area contributed by atoms with E-state index in [9.17, 15) is 9.90 Å². The summed E-state index contributed by atoms with van der Waals surface area (Å²) < 4.78 is 5.28. The van der Waals surface area contributed by atoms with Crippen molar-refractivity contribution in [1.29, 1.82) is 0 Å². The van der Waals surface area contributed by atoms with Crippen LogP contribution in [0.1, 0.15) is 16.2 Å². The Morgan fingerprint density at radius 2 is 2.36 bits per heavy atom. The zero-order chi connectivity index (χ0) is 10.1. The molecule has 2 aromatic rings. The average molecular weight is 191 g/mol. The summed E-state index contributed by atoms with van der Waals surface area (Å²) in [4.78, 5) is 10.4. The lowest BCUT2D eigenvalue weighted by molar-refractivity contribution is -0.255. The number of aryl methyl sites for hydroxylation is 1. The largest absolute Gasteiger partial charge is 0.543 e. The molecule has 14 heavy (non-hydrogen) atoms. The Morgan fingerprint density at radius 3 is 2.86 bits per heavy atom. The molecule has 0 radical (unpaired) electrons. The summed E-state index contributed by atoms with van der Waals surface area (Å²) in [5.41, 5.74) is 0.395. The van der Waals surface area contributed by atoms with Gasteiger partial charge in [-0.25, -0.2) is 0 Å². The van der Waals surface area contributed by atoms with E-state index >= 15 is 0 Å². The van der Waals surface area contributed by atoms with E-state index in [2.05, 4.69) is 10.2 Å². The van der Waals surface area contributed by atoms with E-state index in [1.807, 2.05) is 0 Å². The number of rotatable bonds is 2. The minimum atomic E-state index is -1.31. The number of hydrogen-bond donors (Lipinski definition) is 1. The van der Waals surface area contributed by atoms with Crippen LogP contribution < -0.4 is 5.11 Å². The van der Waals surface area contributed by atoms with Gasteiger partial charge in [0.05, 0.1) is 5.97 Å². The molecule has 2 aromatic heterocycles. The number of aromatic carboxylic acids is 1. The third-order valence-corrected chi connectivity index (χ3v) is 1.79. The molecule has 0 amide bonds. The van der Waals surface area contributed by atoms with Crippen molar-refractivity contribution in [3.8, 4) is 11.5 Å². The molecule has 5 heteroatoms. The van der Waals surface area contributed by atoms with Gasteiger partial charge >= 0.3 is 0 Å². The Labute approximate surface area is 79.4 Å². The standard InChI is InChI=1S/C9H8N2O3/c1-5-2-3-8(14-5)6-4-7(9(12)13)11-10-6/h2-4H,1H3,(H,10,11)(H,12,13)/p-1. The SMILES string of the molecule is Cc1ccc(-c2cc(C(=O)[O-])n[nH]2)o1. The highest BCUT2D eigenvalue weighted by Crippen LogP contribution is 2.19. The van der Waals surface area contributed by atoms with Crippen LogP contribution in [0.25, 0.3) is 11.5 Å². The molecule has 0 saturated heterocycles. The van der Waals surface area contributed by atoms with Gasteiger partial charge < -0.3 is 14.3 Å². The van der Waals surface area contributed by atoms with Gasteiger partial charge in [0.1, 0.15) is 17.1 Å². The molecular formula is C9H7N2O3-. The molecule has 0 aliphatic heterocycles. The number of hydrogen-bond acceptors (Lipinski definition) is 4. The molecule has 2 heterocycles. The molecule has 0 unspecified atom stereocenters. The van der Waals surface area contributed by atoms with Gasteiger partial charge in [-0.05, 0) is 25.1 Å². The van der Waals surface area contributed by atoms with E-state index in [4.69, 9.17) is 4.42 Å². The average Bonchev–Trinajstić information content (AvgIpc) is 2.70. The molecule has 0 spiro atoms. The van der Waals surface area contributed by atoms with Gasteiger partial charge in [0.15, 0.2) is 5.76 Å². The molecule has 0 aromatic carbocycles. The van der Waals surface area contributed by atoms with Crippen molar-refractivity contribution in [3.63, 3.8) is 0 Å². The number of carbonyl (C=O) groups is 1. The van der Waals surface area contributed by atoms with E-state index < -0.39 is 5.97 Å². The zero-order valence-electron chi connectivity index (χ0n) is 7.40. The first-order valence-corrected chi connectivity index (χ1v) is 4.00. The van der Waals surface area contributed by atoms with E-state index in [0.717, 1.165) is 5.76 Å². The van der Waals surface area contributed by atoms with E-state index in [-0.39, 0.29) is 5.69 Å². The van der Waals surface area contributed by atoms with Gasteiger partial charge in [-0.1, -0.05) is 0 Å². The number of aromatic nitrogens is 2. The van der Waals surface area contributed by atoms with Gasteiger partial charge in [-0.2, -0.15) is 5.10 Å². The maximum absolute atomic E-state index is 10.4. The highest BCUT2D eigenvalue weighted by molar-refractivity contribution is 5.84. The molecule has 0 saturated carbocycles. The number of nitrogens with one attached hydrogen (secondary N) is 1. The van der Waals surface area contributed by atoms with Gasteiger partial charge in [0, 0.05) is 0 Å². The highest BCUT2D eigenvalue weighted by Gasteiger charge is 2.06. The lowest BCUT2D eigenvalue weighted by Gasteiger charge is -1.91. The Hall–Kier alpha value is -2.04. The molecule has 72 valence electrons. The number of furan rings is 1. The Morgan fingerprint density at radius 1 is 1.57 bits per heavy atom. The van der Waals surface area contributed by atoms with Crippen molar-refractivity contribution in [2.75, 3.05) is 0 Å². The van der Waals surface area contributed by atoms with Crippen molar-refractivity contribution in [1.82, 2.24) is 10.2 Å². The topological polar surface area (TPSA) is 82.0 Å². The monoisotopic (exact) mass is 191 g/mol.